The van der Waals surface area contributed by atoms with Crippen LogP contribution in [0.25, 0.3) is 0 Å². The first-order valence-electron chi connectivity index (χ1n) is 15.0. The maximum Gasteiger partial charge on any atom is 0.323 e. The Morgan fingerprint density at radius 1 is 1.22 bits per heavy atom. The standard InChI is InChI=1S/C32H53NO3/c1-7-9-28(33)30(35)36-29-19-23(34)18-22-12-13-24-26-15-14-25(21(4)11-8-10-20(2)3)31(26,5)17-16-27(24)32(22,29)6/h7,12,20-21,23-29,34H,1,8-11,13-19,33H2,2-6H3/t21-,23-,24+,25-,26+,27+,28?,29?,31-,32+/m1/s1. The molecule has 10 atom stereocenters. The Balaban J connectivity index is 1.54. The summed E-state index contributed by atoms with van der Waals surface area (Å²) in [6.07, 6.45) is 15.4. The molecule has 0 spiro atoms. The number of allylic oxidation sites excluding steroid dienone is 1. The van der Waals surface area contributed by atoms with E-state index in [4.69, 9.17) is 10.5 Å². The van der Waals surface area contributed by atoms with Crippen molar-refractivity contribution in [3.05, 3.63) is 24.3 Å². The monoisotopic (exact) mass is 499 g/mol. The van der Waals surface area contributed by atoms with E-state index in [1.165, 1.54) is 50.5 Å². The molecule has 0 radical (unpaired) electrons. The van der Waals surface area contributed by atoms with E-state index in [1.807, 2.05) is 0 Å². The number of rotatable bonds is 9. The van der Waals surface area contributed by atoms with E-state index in [9.17, 15) is 9.90 Å². The third-order valence-corrected chi connectivity index (χ3v) is 11.3. The number of fused-ring (bicyclic) bond motifs is 5. The molecular formula is C32H53NO3. The minimum Gasteiger partial charge on any atom is -0.460 e. The van der Waals surface area contributed by atoms with Gasteiger partial charge in [0.25, 0.3) is 0 Å². The zero-order chi connectivity index (χ0) is 26.3. The third kappa shape index (κ3) is 4.98. The minimum atomic E-state index is -0.681. The zero-order valence-corrected chi connectivity index (χ0v) is 23.7. The van der Waals surface area contributed by atoms with E-state index >= 15 is 0 Å². The van der Waals surface area contributed by atoms with Crippen molar-refractivity contribution in [2.75, 3.05) is 0 Å². The van der Waals surface area contributed by atoms with E-state index in [0.29, 0.717) is 36.5 Å². The van der Waals surface area contributed by atoms with E-state index in [2.05, 4.69) is 47.3 Å². The second-order valence-electron chi connectivity index (χ2n) is 13.8. The van der Waals surface area contributed by atoms with Crippen molar-refractivity contribution >= 4 is 5.97 Å². The molecule has 4 rings (SSSR count). The maximum absolute atomic E-state index is 12.9. The molecule has 0 bridgehead atoms. The minimum absolute atomic E-state index is 0.200. The van der Waals surface area contributed by atoms with Crippen LogP contribution in [0.1, 0.15) is 105 Å². The third-order valence-electron chi connectivity index (χ3n) is 11.3. The topological polar surface area (TPSA) is 72.6 Å². The van der Waals surface area contributed by atoms with Crippen LogP contribution in [0.5, 0.6) is 0 Å². The highest BCUT2D eigenvalue weighted by molar-refractivity contribution is 5.76. The number of hydrogen-bond acceptors (Lipinski definition) is 4. The van der Waals surface area contributed by atoms with Gasteiger partial charge in [-0.15, -0.1) is 6.58 Å². The van der Waals surface area contributed by atoms with Gasteiger partial charge in [-0.05, 0) is 85.9 Å². The number of aliphatic hydroxyl groups excluding tert-OH is 1. The molecule has 0 saturated heterocycles. The first-order valence-corrected chi connectivity index (χ1v) is 15.0. The summed E-state index contributed by atoms with van der Waals surface area (Å²) in [5, 5.41) is 10.7. The second-order valence-corrected chi connectivity index (χ2v) is 13.8. The smallest absolute Gasteiger partial charge is 0.323 e. The molecule has 4 aliphatic carbocycles. The van der Waals surface area contributed by atoms with Gasteiger partial charge in [0.05, 0.1) is 6.10 Å². The van der Waals surface area contributed by atoms with Gasteiger partial charge in [-0.25, -0.2) is 0 Å². The molecule has 4 aliphatic rings. The Hall–Kier alpha value is -1.13. The van der Waals surface area contributed by atoms with Gasteiger partial charge >= 0.3 is 5.97 Å². The van der Waals surface area contributed by atoms with Crippen LogP contribution in [0.3, 0.4) is 0 Å². The number of nitrogens with two attached hydrogens (primary N) is 1. The molecule has 204 valence electrons. The number of ether oxygens (including phenoxy) is 1. The predicted molar refractivity (Wildman–Crippen MR) is 147 cm³/mol. The number of esters is 1. The number of carbonyl (C=O) groups is 1. The van der Waals surface area contributed by atoms with Crippen LogP contribution in [0.2, 0.25) is 0 Å². The van der Waals surface area contributed by atoms with Gasteiger partial charge < -0.3 is 15.6 Å². The summed E-state index contributed by atoms with van der Waals surface area (Å²) in [5.41, 5.74) is 7.62. The highest BCUT2D eigenvalue weighted by Gasteiger charge is 2.61. The lowest BCUT2D eigenvalue weighted by atomic mass is 9.46. The van der Waals surface area contributed by atoms with Crippen molar-refractivity contribution in [3.8, 4) is 0 Å². The molecule has 3 fully saturated rings. The lowest BCUT2D eigenvalue weighted by Gasteiger charge is -2.60. The fourth-order valence-electron chi connectivity index (χ4n) is 9.37. The van der Waals surface area contributed by atoms with Gasteiger partial charge in [-0.1, -0.05) is 71.6 Å². The van der Waals surface area contributed by atoms with Crippen LogP contribution in [0, 0.1) is 46.3 Å². The molecule has 0 aromatic heterocycles. The van der Waals surface area contributed by atoms with E-state index in [0.717, 1.165) is 30.1 Å². The second kappa shape index (κ2) is 10.9. The summed E-state index contributed by atoms with van der Waals surface area (Å²) in [7, 11) is 0. The van der Waals surface area contributed by atoms with Crippen LogP contribution >= 0.6 is 0 Å². The summed E-state index contributed by atoms with van der Waals surface area (Å²) in [5.74, 6) is 3.96. The molecule has 3 saturated carbocycles. The van der Waals surface area contributed by atoms with Crippen LogP contribution in [-0.2, 0) is 9.53 Å². The molecule has 0 amide bonds. The summed E-state index contributed by atoms with van der Waals surface area (Å²) in [6.45, 7) is 15.9. The van der Waals surface area contributed by atoms with Crippen molar-refractivity contribution in [2.45, 2.75) is 123 Å². The first-order chi connectivity index (χ1) is 17.0. The Kier molecular flexibility index (Phi) is 8.47. The van der Waals surface area contributed by atoms with Crippen LogP contribution < -0.4 is 5.73 Å². The summed E-state index contributed by atoms with van der Waals surface area (Å²) < 4.78 is 6.14. The highest BCUT2D eigenvalue weighted by Crippen LogP contribution is 2.67. The van der Waals surface area contributed by atoms with Gasteiger partial charge in [0.15, 0.2) is 0 Å². The average Bonchev–Trinajstić information content (AvgIpc) is 3.17. The van der Waals surface area contributed by atoms with Crippen LogP contribution in [-0.4, -0.2) is 29.3 Å². The molecule has 0 aromatic rings. The maximum atomic E-state index is 12.9. The fourth-order valence-corrected chi connectivity index (χ4v) is 9.37. The van der Waals surface area contributed by atoms with E-state index < -0.39 is 12.1 Å². The SMILES string of the molecule is C=CCC(N)C(=O)OC1C[C@H](O)CC2=CC[C@H]3[C@@H]4CC[C@H]([C@H](C)CCCC(C)C)[C@@]4(C)CC[C@@H]3[C@]21C. The average molecular weight is 500 g/mol. The molecule has 4 nitrogen and oxygen atoms in total. The summed E-state index contributed by atoms with van der Waals surface area (Å²) >= 11 is 0. The molecule has 0 heterocycles. The lowest BCUT2D eigenvalue weighted by molar-refractivity contribution is -0.170. The van der Waals surface area contributed by atoms with E-state index in [1.54, 1.807) is 6.08 Å². The summed E-state index contributed by atoms with van der Waals surface area (Å²) in [4.78, 5) is 12.9. The van der Waals surface area contributed by atoms with E-state index in [-0.39, 0.29) is 17.5 Å². The van der Waals surface area contributed by atoms with Crippen molar-refractivity contribution in [3.63, 3.8) is 0 Å². The van der Waals surface area contributed by atoms with Gasteiger partial charge in [0.1, 0.15) is 12.1 Å². The molecule has 0 aliphatic heterocycles. The van der Waals surface area contributed by atoms with Crippen molar-refractivity contribution < 1.29 is 14.6 Å². The Labute approximate surface area is 220 Å². The Bertz CT molecular complexity index is 835. The van der Waals surface area contributed by atoms with Gasteiger partial charge in [-0.3, -0.25) is 4.79 Å². The fraction of sp³-hybridized carbons (Fsp3) is 0.844. The first kappa shape index (κ1) is 27.9. The van der Waals surface area contributed by atoms with Crippen molar-refractivity contribution in [2.24, 2.45) is 52.1 Å². The Morgan fingerprint density at radius 2 is 1.97 bits per heavy atom. The van der Waals surface area contributed by atoms with Crippen LogP contribution in [0.4, 0.5) is 0 Å². The largest absolute Gasteiger partial charge is 0.460 e. The van der Waals surface area contributed by atoms with Gasteiger partial charge in [0, 0.05) is 11.8 Å². The number of carbonyl (C=O) groups excluding carboxylic acids is 1. The molecule has 4 heteroatoms. The summed E-state index contributed by atoms with van der Waals surface area (Å²) in [6, 6.07) is -0.681. The predicted octanol–water partition coefficient (Wildman–Crippen LogP) is 6.81. The zero-order valence-electron chi connectivity index (χ0n) is 23.7. The molecule has 2 unspecified atom stereocenters. The number of hydrogen-bond donors (Lipinski definition) is 2. The normalized spacial score (nSPS) is 41.5. The molecule has 3 N–H and O–H groups in total. The Morgan fingerprint density at radius 3 is 2.67 bits per heavy atom. The highest BCUT2D eigenvalue weighted by atomic mass is 16.5. The van der Waals surface area contributed by atoms with Crippen molar-refractivity contribution in [1.29, 1.82) is 0 Å². The molecule has 0 aromatic carbocycles. The molecule has 36 heavy (non-hydrogen) atoms. The van der Waals surface area contributed by atoms with Gasteiger partial charge in [-0.2, -0.15) is 0 Å². The molecular weight excluding hydrogens is 446 g/mol. The van der Waals surface area contributed by atoms with Crippen LogP contribution in [0.15, 0.2) is 24.3 Å². The van der Waals surface area contributed by atoms with Gasteiger partial charge in [0.2, 0.25) is 0 Å². The number of aliphatic hydroxyl groups is 1. The lowest BCUT2D eigenvalue weighted by Crippen LogP contribution is -2.57. The quantitative estimate of drug-likeness (QED) is 0.270. The van der Waals surface area contributed by atoms with Crippen molar-refractivity contribution in [1.82, 2.24) is 0 Å².